The fourth-order valence-electron chi connectivity index (χ4n) is 1.16. The number of nitrogens with zero attached hydrogens (tertiary/aromatic N) is 2. The van der Waals surface area contributed by atoms with Crippen LogP contribution >= 0.6 is 0 Å². The van der Waals surface area contributed by atoms with Gasteiger partial charge >= 0.3 is 0 Å². The van der Waals surface area contributed by atoms with E-state index in [0.717, 1.165) is 4.31 Å². The second-order valence-electron chi connectivity index (χ2n) is 3.19. The topological polar surface area (TPSA) is 85.5 Å². The zero-order valence-corrected chi connectivity index (χ0v) is 9.85. The van der Waals surface area contributed by atoms with Gasteiger partial charge in [-0.1, -0.05) is 6.07 Å². The van der Waals surface area contributed by atoms with E-state index in [9.17, 15) is 8.42 Å². The van der Waals surface area contributed by atoms with Gasteiger partial charge in [-0.2, -0.15) is 12.7 Å². The Labute approximate surface area is 95.2 Å². The van der Waals surface area contributed by atoms with Crippen molar-refractivity contribution in [2.75, 3.05) is 20.3 Å². The summed E-state index contributed by atoms with van der Waals surface area (Å²) in [6.07, 6.45) is 1.60. The van der Waals surface area contributed by atoms with Gasteiger partial charge in [0.05, 0.1) is 18.8 Å². The Bertz CT molecular complexity index is 407. The van der Waals surface area contributed by atoms with Crippen molar-refractivity contribution in [3.63, 3.8) is 0 Å². The molecule has 6 nitrogen and oxygen atoms in total. The molecule has 0 bridgehead atoms. The van der Waals surface area contributed by atoms with Gasteiger partial charge in [0.2, 0.25) is 0 Å². The molecule has 0 amide bonds. The Hall–Kier alpha value is -1.02. The van der Waals surface area contributed by atoms with E-state index in [1.54, 1.807) is 24.4 Å². The van der Waals surface area contributed by atoms with Crippen molar-refractivity contribution >= 4 is 10.2 Å². The standard InChI is InChI=1S/C9H15N3O3S/c1-15-7-6-12(16(10,13)14)8-9-4-2-3-5-11-9/h2-5H,6-8H2,1H3,(H2,10,13,14). The van der Waals surface area contributed by atoms with Gasteiger partial charge in [-0.25, -0.2) is 5.14 Å². The normalized spacial score (nSPS) is 11.9. The Kier molecular flexibility index (Phi) is 4.81. The Balaban J connectivity index is 2.72. The molecule has 0 aliphatic carbocycles. The summed E-state index contributed by atoms with van der Waals surface area (Å²) in [6.45, 7) is 0.665. The Morgan fingerprint density at radius 3 is 2.75 bits per heavy atom. The zero-order valence-electron chi connectivity index (χ0n) is 9.04. The lowest BCUT2D eigenvalue weighted by Crippen LogP contribution is -2.38. The number of pyridine rings is 1. The third-order valence-electron chi connectivity index (χ3n) is 1.97. The average molecular weight is 245 g/mol. The lowest BCUT2D eigenvalue weighted by Gasteiger charge is -2.18. The number of nitrogens with two attached hydrogens (primary N) is 1. The van der Waals surface area contributed by atoms with Gasteiger partial charge in [-0.15, -0.1) is 0 Å². The second kappa shape index (κ2) is 5.90. The van der Waals surface area contributed by atoms with Crippen molar-refractivity contribution in [2.45, 2.75) is 6.54 Å². The van der Waals surface area contributed by atoms with Crippen molar-refractivity contribution in [1.29, 1.82) is 0 Å². The van der Waals surface area contributed by atoms with Gasteiger partial charge in [0.15, 0.2) is 0 Å². The molecule has 16 heavy (non-hydrogen) atoms. The highest BCUT2D eigenvalue weighted by Gasteiger charge is 2.17. The number of methoxy groups -OCH3 is 1. The van der Waals surface area contributed by atoms with Crippen molar-refractivity contribution in [2.24, 2.45) is 5.14 Å². The van der Waals surface area contributed by atoms with Crippen LogP contribution in [-0.4, -0.2) is 38.0 Å². The lowest BCUT2D eigenvalue weighted by molar-refractivity contribution is 0.177. The molecule has 0 aliphatic heterocycles. The molecule has 0 aliphatic rings. The molecule has 90 valence electrons. The summed E-state index contributed by atoms with van der Waals surface area (Å²) in [5.74, 6) is 0. The summed E-state index contributed by atoms with van der Waals surface area (Å²) in [6, 6.07) is 5.30. The third kappa shape index (κ3) is 4.23. The summed E-state index contributed by atoms with van der Waals surface area (Å²) in [7, 11) is -2.22. The molecule has 1 aromatic heterocycles. The smallest absolute Gasteiger partial charge is 0.277 e. The van der Waals surface area contributed by atoms with E-state index in [0.29, 0.717) is 12.3 Å². The first-order valence-corrected chi connectivity index (χ1v) is 6.21. The van der Waals surface area contributed by atoms with Gasteiger partial charge in [0.1, 0.15) is 0 Å². The first-order chi connectivity index (χ1) is 7.54. The van der Waals surface area contributed by atoms with E-state index in [2.05, 4.69) is 4.98 Å². The quantitative estimate of drug-likeness (QED) is 0.747. The summed E-state index contributed by atoms with van der Waals surface area (Å²) >= 11 is 0. The number of rotatable bonds is 6. The molecule has 0 saturated carbocycles. The van der Waals surface area contributed by atoms with Gasteiger partial charge in [0.25, 0.3) is 10.2 Å². The predicted octanol–water partition coefficient (Wildman–Crippen LogP) is -0.266. The van der Waals surface area contributed by atoms with Crippen molar-refractivity contribution in [1.82, 2.24) is 9.29 Å². The van der Waals surface area contributed by atoms with Crippen LogP contribution in [0.15, 0.2) is 24.4 Å². The van der Waals surface area contributed by atoms with Crippen LogP contribution in [0.4, 0.5) is 0 Å². The minimum Gasteiger partial charge on any atom is -0.383 e. The average Bonchev–Trinajstić information content (AvgIpc) is 2.24. The molecular formula is C9H15N3O3S. The van der Waals surface area contributed by atoms with Gasteiger partial charge in [0, 0.05) is 19.9 Å². The molecule has 0 atom stereocenters. The molecule has 0 aromatic carbocycles. The van der Waals surface area contributed by atoms with Crippen LogP contribution in [0.5, 0.6) is 0 Å². The molecule has 1 aromatic rings. The van der Waals surface area contributed by atoms with E-state index >= 15 is 0 Å². The minimum absolute atomic E-state index is 0.156. The fraction of sp³-hybridized carbons (Fsp3) is 0.444. The van der Waals surface area contributed by atoms with E-state index in [-0.39, 0.29) is 13.1 Å². The number of hydrogen-bond acceptors (Lipinski definition) is 4. The monoisotopic (exact) mass is 245 g/mol. The second-order valence-corrected chi connectivity index (χ2v) is 4.74. The molecule has 0 saturated heterocycles. The van der Waals surface area contributed by atoms with Crippen LogP contribution in [0.25, 0.3) is 0 Å². The Morgan fingerprint density at radius 1 is 1.50 bits per heavy atom. The highest BCUT2D eigenvalue weighted by Crippen LogP contribution is 2.03. The van der Waals surface area contributed by atoms with Crippen molar-refractivity contribution in [3.05, 3.63) is 30.1 Å². The maximum absolute atomic E-state index is 11.3. The SMILES string of the molecule is COCCN(Cc1ccccn1)S(N)(=O)=O. The van der Waals surface area contributed by atoms with E-state index in [4.69, 9.17) is 9.88 Å². The molecule has 1 rings (SSSR count). The van der Waals surface area contributed by atoms with Gasteiger partial charge in [-0.05, 0) is 12.1 Å². The van der Waals surface area contributed by atoms with Crippen molar-refractivity contribution in [3.8, 4) is 0 Å². The van der Waals surface area contributed by atoms with E-state index in [1.807, 2.05) is 0 Å². The lowest BCUT2D eigenvalue weighted by atomic mass is 10.3. The van der Waals surface area contributed by atoms with Crippen LogP contribution in [-0.2, 0) is 21.5 Å². The van der Waals surface area contributed by atoms with Crippen LogP contribution < -0.4 is 5.14 Å². The molecule has 0 unspecified atom stereocenters. The molecular weight excluding hydrogens is 230 g/mol. The van der Waals surface area contributed by atoms with E-state index in [1.165, 1.54) is 7.11 Å². The van der Waals surface area contributed by atoms with Crippen LogP contribution in [0, 0.1) is 0 Å². The first kappa shape index (κ1) is 13.0. The Morgan fingerprint density at radius 2 is 2.25 bits per heavy atom. The maximum atomic E-state index is 11.3. The maximum Gasteiger partial charge on any atom is 0.277 e. The third-order valence-corrected chi connectivity index (χ3v) is 3.00. The molecule has 2 N–H and O–H groups in total. The van der Waals surface area contributed by atoms with Gasteiger partial charge in [-0.3, -0.25) is 4.98 Å². The molecule has 0 radical (unpaired) electrons. The van der Waals surface area contributed by atoms with E-state index < -0.39 is 10.2 Å². The first-order valence-electron chi connectivity index (χ1n) is 4.71. The number of aromatic nitrogens is 1. The largest absolute Gasteiger partial charge is 0.383 e. The zero-order chi connectivity index (χ0) is 12.0. The minimum atomic E-state index is -3.72. The van der Waals surface area contributed by atoms with Crippen LogP contribution in [0.2, 0.25) is 0 Å². The van der Waals surface area contributed by atoms with Crippen LogP contribution in [0.1, 0.15) is 5.69 Å². The van der Waals surface area contributed by atoms with Crippen LogP contribution in [0.3, 0.4) is 0 Å². The summed E-state index contributed by atoms with van der Waals surface area (Å²) in [5, 5.41) is 5.08. The predicted molar refractivity (Wildman–Crippen MR) is 59.6 cm³/mol. The molecule has 1 heterocycles. The molecule has 0 fully saturated rings. The summed E-state index contributed by atoms with van der Waals surface area (Å²) in [5.41, 5.74) is 0.646. The summed E-state index contributed by atoms with van der Waals surface area (Å²) in [4.78, 5) is 4.04. The van der Waals surface area contributed by atoms with Crippen molar-refractivity contribution < 1.29 is 13.2 Å². The highest BCUT2D eigenvalue weighted by atomic mass is 32.2. The van der Waals surface area contributed by atoms with Gasteiger partial charge < -0.3 is 4.74 Å². The number of ether oxygens (including phenoxy) is 1. The fourth-order valence-corrected chi connectivity index (χ4v) is 1.80. The number of hydrogen-bond donors (Lipinski definition) is 1. The summed E-state index contributed by atoms with van der Waals surface area (Å²) < 4.78 is 28.5. The molecule has 0 spiro atoms. The highest BCUT2D eigenvalue weighted by molar-refractivity contribution is 7.86. The molecule has 7 heteroatoms.